The first kappa shape index (κ1) is 24.6. The Hall–Kier alpha value is -4.07. The van der Waals surface area contributed by atoms with Gasteiger partial charge in [-0.25, -0.2) is 0 Å². The maximum Gasteiger partial charge on any atom is 0.305 e. The van der Waals surface area contributed by atoms with Crippen LogP contribution in [-0.2, 0) is 16.1 Å². The third kappa shape index (κ3) is 6.71. The summed E-state index contributed by atoms with van der Waals surface area (Å²) in [6, 6.07) is 18.1. The number of amides is 2. The second-order valence-electron chi connectivity index (χ2n) is 7.97. The van der Waals surface area contributed by atoms with Crippen LogP contribution in [0.1, 0.15) is 36.2 Å². The molecule has 3 aromatic rings. The molecule has 0 bridgehead atoms. The van der Waals surface area contributed by atoms with E-state index in [4.69, 9.17) is 14.3 Å². The largest absolute Gasteiger partial charge is 0.483 e. The lowest BCUT2D eigenvalue weighted by molar-refractivity contribution is -0.137. The molecule has 0 saturated carbocycles. The van der Waals surface area contributed by atoms with Gasteiger partial charge in [-0.05, 0) is 44.2 Å². The van der Waals surface area contributed by atoms with Crippen LogP contribution in [-0.4, -0.2) is 47.0 Å². The van der Waals surface area contributed by atoms with Crippen molar-refractivity contribution in [3.05, 3.63) is 78.1 Å². The lowest BCUT2D eigenvalue weighted by Crippen LogP contribution is -2.36. The molecule has 0 aliphatic heterocycles. The third-order valence-corrected chi connectivity index (χ3v) is 5.15. The molecule has 8 heteroatoms. The number of hydrogen-bond donors (Lipinski definition) is 2. The van der Waals surface area contributed by atoms with Gasteiger partial charge >= 0.3 is 5.97 Å². The summed E-state index contributed by atoms with van der Waals surface area (Å²) in [5.74, 6) is -0.299. The maximum atomic E-state index is 13.3. The zero-order valence-corrected chi connectivity index (χ0v) is 19.2. The number of nitrogens with zero attached hydrogens (tertiary/aromatic N) is 1. The van der Waals surface area contributed by atoms with Crippen LogP contribution < -0.4 is 10.1 Å². The molecular weight excluding hydrogens is 436 g/mol. The van der Waals surface area contributed by atoms with E-state index in [0.717, 1.165) is 16.9 Å². The van der Waals surface area contributed by atoms with Crippen LogP contribution >= 0.6 is 0 Å². The fourth-order valence-corrected chi connectivity index (χ4v) is 3.34. The molecule has 0 spiro atoms. The standard InChI is InChI=1S/C26H28N2O6/c1-18(2)28(26(32)20-11-9-19(10-12-20)22-8-5-15-33-22)16-21-6-3-4-7-23(21)34-17-24(29)27-14-13-25(30)31/h3-12,15,18H,13-14,16-17H2,1-2H3,(H,27,29)(H,30,31). The first-order valence-electron chi connectivity index (χ1n) is 11.0. The van der Waals surface area contributed by atoms with Crippen LogP contribution in [0.5, 0.6) is 5.75 Å². The Balaban J connectivity index is 1.68. The van der Waals surface area contributed by atoms with Crippen LogP contribution in [0.15, 0.2) is 71.3 Å². The average molecular weight is 465 g/mol. The fraction of sp³-hybridized carbons (Fsp3) is 0.269. The van der Waals surface area contributed by atoms with E-state index in [0.29, 0.717) is 17.9 Å². The van der Waals surface area contributed by atoms with Gasteiger partial charge in [0.2, 0.25) is 0 Å². The van der Waals surface area contributed by atoms with Crippen LogP contribution in [0.25, 0.3) is 11.3 Å². The maximum absolute atomic E-state index is 13.3. The summed E-state index contributed by atoms with van der Waals surface area (Å²) >= 11 is 0. The number of nitrogens with one attached hydrogen (secondary N) is 1. The van der Waals surface area contributed by atoms with Gasteiger partial charge < -0.3 is 24.5 Å². The Morgan fingerprint density at radius 1 is 1.03 bits per heavy atom. The second-order valence-corrected chi connectivity index (χ2v) is 7.97. The summed E-state index contributed by atoms with van der Waals surface area (Å²) in [4.78, 5) is 37.5. The summed E-state index contributed by atoms with van der Waals surface area (Å²) in [5.41, 5.74) is 2.20. The number of benzene rings is 2. The molecule has 0 aliphatic rings. The predicted molar refractivity (Wildman–Crippen MR) is 126 cm³/mol. The highest BCUT2D eigenvalue weighted by molar-refractivity contribution is 5.94. The molecule has 1 aromatic heterocycles. The number of para-hydroxylation sites is 1. The monoisotopic (exact) mass is 464 g/mol. The van der Waals surface area contributed by atoms with Gasteiger partial charge in [-0.1, -0.05) is 30.3 Å². The number of rotatable bonds is 11. The van der Waals surface area contributed by atoms with Crippen molar-refractivity contribution in [1.82, 2.24) is 10.2 Å². The molecule has 1 heterocycles. The molecule has 34 heavy (non-hydrogen) atoms. The molecule has 178 valence electrons. The molecule has 0 unspecified atom stereocenters. The van der Waals surface area contributed by atoms with E-state index in [1.807, 2.05) is 50.2 Å². The highest BCUT2D eigenvalue weighted by atomic mass is 16.5. The Morgan fingerprint density at radius 2 is 1.76 bits per heavy atom. The minimum Gasteiger partial charge on any atom is -0.483 e. The van der Waals surface area contributed by atoms with Crippen molar-refractivity contribution in [1.29, 1.82) is 0 Å². The number of carbonyl (C=O) groups excluding carboxylic acids is 2. The smallest absolute Gasteiger partial charge is 0.305 e. The Bertz CT molecular complexity index is 1110. The first-order valence-corrected chi connectivity index (χ1v) is 11.0. The lowest BCUT2D eigenvalue weighted by atomic mass is 10.1. The molecule has 3 rings (SSSR count). The van der Waals surface area contributed by atoms with Gasteiger partial charge in [-0.15, -0.1) is 0 Å². The van der Waals surface area contributed by atoms with E-state index >= 15 is 0 Å². The van der Waals surface area contributed by atoms with E-state index in [1.165, 1.54) is 0 Å². The Morgan fingerprint density at radius 3 is 2.41 bits per heavy atom. The molecule has 0 aliphatic carbocycles. The van der Waals surface area contributed by atoms with Crippen LogP contribution in [0.4, 0.5) is 0 Å². The normalized spacial score (nSPS) is 10.7. The van der Waals surface area contributed by atoms with Gasteiger partial charge in [-0.3, -0.25) is 14.4 Å². The number of carboxylic acids is 1. The van der Waals surface area contributed by atoms with E-state index in [-0.39, 0.29) is 31.5 Å². The number of hydrogen-bond acceptors (Lipinski definition) is 5. The second kappa shape index (κ2) is 11.7. The van der Waals surface area contributed by atoms with E-state index in [9.17, 15) is 14.4 Å². The molecule has 2 amide bonds. The molecule has 8 nitrogen and oxygen atoms in total. The number of furan rings is 1. The highest BCUT2D eigenvalue weighted by Gasteiger charge is 2.21. The Kier molecular flexibility index (Phi) is 8.45. The first-order chi connectivity index (χ1) is 16.3. The number of carboxylic acid groups (broad SMARTS) is 1. The van der Waals surface area contributed by atoms with Crippen LogP contribution in [0.2, 0.25) is 0 Å². The quantitative estimate of drug-likeness (QED) is 0.445. The minimum atomic E-state index is -0.986. The topological polar surface area (TPSA) is 109 Å². The van der Waals surface area contributed by atoms with Crippen molar-refractivity contribution in [3.63, 3.8) is 0 Å². The average Bonchev–Trinajstić information content (AvgIpc) is 3.36. The van der Waals surface area contributed by atoms with Crippen molar-refractivity contribution >= 4 is 17.8 Å². The highest BCUT2D eigenvalue weighted by Crippen LogP contribution is 2.24. The number of carbonyl (C=O) groups is 3. The van der Waals surface area contributed by atoms with Crippen molar-refractivity contribution in [2.75, 3.05) is 13.2 Å². The summed E-state index contributed by atoms with van der Waals surface area (Å²) in [6.07, 6.45) is 1.45. The molecular formula is C26H28N2O6. The van der Waals surface area contributed by atoms with E-state index < -0.39 is 11.9 Å². The van der Waals surface area contributed by atoms with E-state index in [1.54, 1.807) is 35.4 Å². The third-order valence-electron chi connectivity index (χ3n) is 5.15. The number of aliphatic carboxylic acids is 1. The summed E-state index contributed by atoms with van der Waals surface area (Å²) in [6.45, 7) is 3.96. The van der Waals surface area contributed by atoms with Crippen molar-refractivity contribution in [3.8, 4) is 17.1 Å². The Labute approximate surface area is 198 Å². The minimum absolute atomic E-state index is 0.0352. The predicted octanol–water partition coefficient (Wildman–Crippen LogP) is 3.97. The van der Waals surface area contributed by atoms with Crippen molar-refractivity contribution in [2.24, 2.45) is 0 Å². The molecule has 2 N–H and O–H groups in total. The van der Waals surface area contributed by atoms with Gasteiger partial charge in [0, 0.05) is 35.8 Å². The lowest BCUT2D eigenvalue weighted by Gasteiger charge is -2.28. The van der Waals surface area contributed by atoms with Gasteiger partial charge in [0.05, 0.1) is 12.7 Å². The summed E-state index contributed by atoms with van der Waals surface area (Å²) < 4.78 is 11.1. The van der Waals surface area contributed by atoms with E-state index in [2.05, 4.69) is 5.32 Å². The zero-order valence-electron chi connectivity index (χ0n) is 19.2. The van der Waals surface area contributed by atoms with Crippen LogP contribution in [0.3, 0.4) is 0 Å². The fourth-order valence-electron chi connectivity index (χ4n) is 3.34. The van der Waals surface area contributed by atoms with Gasteiger partial charge in [0.25, 0.3) is 11.8 Å². The molecule has 2 aromatic carbocycles. The van der Waals surface area contributed by atoms with Gasteiger partial charge in [0.15, 0.2) is 6.61 Å². The van der Waals surface area contributed by atoms with Crippen molar-refractivity contribution in [2.45, 2.75) is 32.9 Å². The SMILES string of the molecule is CC(C)N(Cc1ccccc1OCC(=O)NCCC(=O)O)C(=O)c1ccc(-c2ccco2)cc1. The molecule has 0 saturated heterocycles. The molecule has 0 radical (unpaired) electrons. The number of ether oxygens (including phenoxy) is 1. The molecule has 0 fully saturated rings. The van der Waals surface area contributed by atoms with Crippen LogP contribution in [0, 0.1) is 0 Å². The van der Waals surface area contributed by atoms with Gasteiger partial charge in [-0.2, -0.15) is 0 Å². The van der Waals surface area contributed by atoms with Crippen molar-refractivity contribution < 1.29 is 28.6 Å². The molecule has 0 atom stereocenters. The summed E-state index contributed by atoms with van der Waals surface area (Å²) in [5, 5.41) is 11.2. The zero-order chi connectivity index (χ0) is 24.5. The van der Waals surface area contributed by atoms with Gasteiger partial charge in [0.1, 0.15) is 11.5 Å². The summed E-state index contributed by atoms with van der Waals surface area (Å²) in [7, 11) is 0.